The van der Waals surface area contributed by atoms with Crippen LogP contribution in [0.2, 0.25) is 5.02 Å². The maximum Gasteiger partial charge on any atom is 0.349 e. The van der Waals surface area contributed by atoms with Gasteiger partial charge in [0.15, 0.2) is 29.7 Å². The number of carbonyl (C=O) groups is 1. The maximum absolute atomic E-state index is 13.4. The number of ether oxygens (including phenoxy) is 3. The number of esters is 1. The second-order valence-electron chi connectivity index (χ2n) is 4.29. The van der Waals surface area contributed by atoms with Crippen LogP contribution in [-0.2, 0) is 4.79 Å². The standard InChI is InChI=1S/C16H11ClFNO4/c1-21-14-7-10(8-19)6-11(17)16(14)23-15(20)9-22-13-5-3-2-4-12(13)18/h2-7H,9H2,1H3. The summed E-state index contributed by atoms with van der Waals surface area (Å²) < 4.78 is 28.5. The zero-order valence-electron chi connectivity index (χ0n) is 12.0. The number of para-hydroxylation sites is 1. The number of carbonyl (C=O) groups excluding carboxylic acids is 1. The van der Waals surface area contributed by atoms with Crippen LogP contribution < -0.4 is 14.2 Å². The van der Waals surface area contributed by atoms with Gasteiger partial charge in [0.25, 0.3) is 0 Å². The highest BCUT2D eigenvalue weighted by molar-refractivity contribution is 6.32. The molecule has 0 unspecified atom stereocenters. The minimum absolute atomic E-state index is 0.0321. The van der Waals surface area contributed by atoms with Gasteiger partial charge in [-0.2, -0.15) is 5.26 Å². The van der Waals surface area contributed by atoms with E-state index in [1.54, 1.807) is 6.07 Å². The highest BCUT2D eigenvalue weighted by Gasteiger charge is 2.17. The Kier molecular flexibility index (Phi) is 5.39. The Morgan fingerprint density at radius 2 is 2.04 bits per heavy atom. The second-order valence-corrected chi connectivity index (χ2v) is 4.70. The van der Waals surface area contributed by atoms with E-state index in [2.05, 4.69) is 0 Å². The fourth-order valence-electron chi connectivity index (χ4n) is 1.73. The van der Waals surface area contributed by atoms with Crippen LogP contribution in [0.1, 0.15) is 5.56 Å². The number of nitriles is 1. The summed E-state index contributed by atoms with van der Waals surface area (Å²) in [6, 6.07) is 10.3. The third kappa shape index (κ3) is 4.11. The van der Waals surface area contributed by atoms with Crippen LogP contribution >= 0.6 is 11.6 Å². The fraction of sp³-hybridized carbons (Fsp3) is 0.125. The molecule has 0 aliphatic heterocycles. The molecule has 0 N–H and O–H groups in total. The first-order chi connectivity index (χ1) is 11.0. The van der Waals surface area contributed by atoms with Crippen molar-refractivity contribution in [1.29, 1.82) is 5.26 Å². The number of nitrogens with zero attached hydrogens (tertiary/aromatic N) is 1. The molecule has 0 saturated heterocycles. The third-order valence-electron chi connectivity index (χ3n) is 2.76. The third-order valence-corrected chi connectivity index (χ3v) is 3.04. The Balaban J connectivity index is 2.09. The SMILES string of the molecule is COc1cc(C#N)cc(Cl)c1OC(=O)COc1ccccc1F. The zero-order chi connectivity index (χ0) is 16.8. The van der Waals surface area contributed by atoms with Crippen LogP contribution in [0, 0.1) is 17.1 Å². The molecular formula is C16H11ClFNO4. The molecule has 0 saturated carbocycles. The topological polar surface area (TPSA) is 68.5 Å². The highest BCUT2D eigenvalue weighted by Crippen LogP contribution is 2.36. The van der Waals surface area contributed by atoms with E-state index < -0.39 is 18.4 Å². The Labute approximate surface area is 136 Å². The number of halogens is 2. The van der Waals surface area contributed by atoms with Gasteiger partial charge in [-0.1, -0.05) is 23.7 Å². The summed E-state index contributed by atoms with van der Waals surface area (Å²) in [7, 11) is 1.35. The van der Waals surface area contributed by atoms with Crippen molar-refractivity contribution < 1.29 is 23.4 Å². The largest absolute Gasteiger partial charge is 0.493 e. The van der Waals surface area contributed by atoms with Crippen molar-refractivity contribution in [2.24, 2.45) is 0 Å². The van der Waals surface area contributed by atoms with E-state index in [4.69, 9.17) is 31.1 Å². The number of methoxy groups -OCH3 is 1. The Hall–Kier alpha value is -2.78. The quantitative estimate of drug-likeness (QED) is 0.619. The van der Waals surface area contributed by atoms with Crippen LogP contribution in [-0.4, -0.2) is 19.7 Å². The van der Waals surface area contributed by atoms with Gasteiger partial charge < -0.3 is 14.2 Å². The molecule has 0 amide bonds. The normalized spacial score (nSPS) is 9.83. The minimum Gasteiger partial charge on any atom is -0.493 e. The zero-order valence-corrected chi connectivity index (χ0v) is 12.8. The first-order valence-corrected chi connectivity index (χ1v) is 6.78. The monoisotopic (exact) mass is 335 g/mol. The van der Waals surface area contributed by atoms with Crippen LogP contribution in [0.5, 0.6) is 17.2 Å². The van der Waals surface area contributed by atoms with E-state index in [-0.39, 0.29) is 27.8 Å². The molecule has 23 heavy (non-hydrogen) atoms. The number of hydrogen-bond acceptors (Lipinski definition) is 5. The van der Waals surface area contributed by atoms with Crippen LogP contribution in [0.25, 0.3) is 0 Å². The van der Waals surface area contributed by atoms with Gasteiger partial charge in [0, 0.05) is 6.07 Å². The van der Waals surface area contributed by atoms with E-state index in [1.807, 2.05) is 6.07 Å². The van der Waals surface area contributed by atoms with E-state index in [0.29, 0.717) is 0 Å². The van der Waals surface area contributed by atoms with Crippen LogP contribution in [0.15, 0.2) is 36.4 Å². The summed E-state index contributed by atoms with van der Waals surface area (Å²) in [6.45, 7) is -0.513. The van der Waals surface area contributed by atoms with Crippen molar-refractivity contribution in [3.8, 4) is 23.3 Å². The van der Waals surface area contributed by atoms with Crippen molar-refractivity contribution >= 4 is 17.6 Å². The van der Waals surface area contributed by atoms with Crippen LogP contribution in [0.4, 0.5) is 4.39 Å². The lowest BCUT2D eigenvalue weighted by Crippen LogP contribution is -2.18. The molecule has 0 heterocycles. The molecule has 2 rings (SSSR count). The van der Waals surface area contributed by atoms with Crippen molar-refractivity contribution in [2.75, 3.05) is 13.7 Å². The molecule has 0 fully saturated rings. The van der Waals surface area contributed by atoms with E-state index >= 15 is 0 Å². The number of rotatable bonds is 5. The molecule has 0 spiro atoms. The van der Waals surface area contributed by atoms with Gasteiger partial charge in [-0.3, -0.25) is 0 Å². The fourth-order valence-corrected chi connectivity index (χ4v) is 1.97. The maximum atomic E-state index is 13.4. The summed E-state index contributed by atoms with van der Waals surface area (Å²) in [4.78, 5) is 11.8. The summed E-state index contributed by atoms with van der Waals surface area (Å²) in [6.07, 6.45) is 0. The second kappa shape index (κ2) is 7.47. The molecule has 0 aliphatic rings. The van der Waals surface area contributed by atoms with Gasteiger partial charge in [0.05, 0.1) is 23.8 Å². The first kappa shape index (κ1) is 16.6. The average molecular weight is 336 g/mol. The lowest BCUT2D eigenvalue weighted by Gasteiger charge is -2.12. The number of hydrogen-bond donors (Lipinski definition) is 0. The molecular weight excluding hydrogens is 325 g/mol. The first-order valence-electron chi connectivity index (χ1n) is 6.40. The van der Waals surface area contributed by atoms with Gasteiger partial charge in [-0.25, -0.2) is 9.18 Å². The molecule has 0 aliphatic carbocycles. The van der Waals surface area contributed by atoms with Crippen molar-refractivity contribution in [3.05, 3.63) is 52.8 Å². The molecule has 2 aromatic rings. The van der Waals surface area contributed by atoms with E-state index in [0.717, 1.165) is 0 Å². The molecule has 0 atom stereocenters. The molecule has 118 valence electrons. The summed E-state index contributed by atoms with van der Waals surface area (Å²) >= 11 is 5.97. The molecule has 0 bridgehead atoms. The molecule has 0 radical (unpaired) electrons. The van der Waals surface area contributed by atoms with Gasteiger partial charge in [0.1, 0.15) is 0 Å². The molecule has 5 nitrogen and oxygen atoms in total. The molecule has 2 aromatic carbocycles. The minimum atomic E-state index is -0.793. The highest BCUT2D eigenvalue weighted by atomic mass is 35.5. The van der Waals surface area contributed by atoms with Crippen molar-refractivity contribution in [3.63, 3.8) is 0 Å². The lowest BCUT2D eigenvalue weighted by atomic mass is 10.2. The van der Waals surface area contributed by atoms with Crippen molar-refractivity contribution in [1.82, 2.24) is 0 Å². The number of benzene rings is 2. The smallest absolute Gasteiger partial charge is 0.349 e. The lowest BCUT2D eigenvalue weighted by molar-refractivity contribution is -0.136. The summed E-state index contributed by atoms with van der Waals surface area (Å²) in [5.74, 6) is -1.35. The Bertz CT molecular complexity index is 773. The van der Waals surface area contributed by atoms with Gasteiger partial charge in [-0.15, -0.1) is 0 Å². The van der Waals surface area contributed by atoms with Gasteiger partial charge in [-0.05, 0) is 18.2 Å². The average Bonchev–Trinajstić information content (AvgIpc) is 2.55. The predicted molar refractivity (Wildman–Crippen MR) is 80.2 cm³/mol. The van der Waals surface area contributed by atoms with Crippen molar-refractivity contribution in [2.45, 2.75) is 0 Å². The molecule has 7 heteroatoms. The summed E-state index contributed by atoms with van der Waals surface area (Å²) in [5.41, 5.74) is 0.259. The van der Waals surface area contributed by atoms with Crippen LogP contribution in [0.3, 0.4) is 0 Å². The Morgan fingerprint density at radius 3 is 2.70 bits per heavy atom. The van der Waals surface area contributed by atoms with Gasteiger partial charge >= 0.3 is 5.97 Å². The van der Waals surface area contributed by atoms with E-state index in [9.17, 15) is 9.18 Å². The Morgan fingerprint density at radius 1 is 1.30 bits per heavy atom. The molecule has 0 aromatic heterocycles. The van der Waals surface area contributed by atoms with Gasteiger partial charge in [0.2, 0.25) is 0 Å². The van der Waals surface area contributed by atoms with E-state index in [1.165, 1.54) is 37.4 Å². The summed E-state index contributed by atoms with van der Waals surface area (Å²) in [5, 5.41) is 8.91. The predicted octanol–water partition coefficient (Wildman–Crippen LogP) is 3.34.